The van der Waals surface area contributed by atoms with Gasteiger partial charge in [-0.1, -0.05) is 23.4 Å². The van der Waals surface area contributed by atoms with Crippen molar-refractivity contribution in [3.8, 4) is 0 Å². The van der Waals surface area contributed by atoms with E-state index in [9.17, 15) is 4.79 Å². The first-order valence-corrected chi connectivity index (χ1v) is 10.1. The fourth-order valence-corrected chi connectivity index (χ4v) is 5.15. The molecule has 3 saturated heterocycles. The Hall–Kier alpha value is -2.25. The van der Waals surface area contributed by atoms with E-state index in [0.29, 0.717) is 30.2 Å². The molecule has 1 amide bonds. The number of nitrogens with zero attached hydrogens (tertiary/aromatic N) is 4. The Bertz CT molecular complexity index is 848. The van der Waals surface area contributed by atoms with Crippen LogP contribution < -0.4 is 0 Å². The number of likely N-dealkylation sites (tertiary alicyclic amines) is 2. The number of hydrogen-bond acceptors (Lipinski definition) is 6. The quantitative estimate of drug-likeness (QED) is 0.807. The van der Waals surface area contributed by atoms with Gasteiger partial charge in [0.15, 0.2) is 5.82 Å². The van der Waals surface area contributed by atoms with Crippen LogP contribution in [0.15, 0.2) is 34.9 Å². The maximum absolute atomic E-state index is 13.1. The lowest BCUT2D eigenvalue weighted by atomic mass is 9.81. The maximum Gasteiger partial charge on any atom is 0.253 e. The number of rotatable bonds is 3. The van der Waals surface area contributed by atoms with Gasteiger partial charge in [0.05, 0.1) is 5.41 Å². The van der Waals surface area contributed by atoms with Crippen molar-refractivity contribution >= 4 is 5.91 Å². The highest BCUT2D eigenvalue weighted by atomic mass is 16.5. The van der Waals surface area contributed by atoms with Gasteiger partial charge in [0.1, 0.15) is 0 Å². The number of aryl methyl sites for hydroxylation is 1. The lowest BCUT2D eigenvalue weighted by molar-refractivity contribution is 0.0369. The van der Waals surface area contributed by atoms with Crippen molar-refractivity contribution in [2.24, 2.45) is 5.92 Å². The monoisotopic (exact) mass is 382 g/mol. The minimum absolute atomic E-state index is 0.0863. The number of ether oxygens (including phenoxy) is 1. The minimum Gasteiger partial charge on any atom is -0.381 e. The molecular weight excluding hydrogens is 356 g/mol. The Morgan fingerprint density at radius 2 is 1.93 bits per heavy atom. The van der Waals surface area contributed by atoms with Gasteiger partial charge in [0, 0.05) is 56.9 Å². The van der Waals surface area contributed by atoms with Crippen LogP contribution in [0, 0.1) is 12.8 Å². The van der Waals surface area contributed by atoms with Crippen LogP contribution >= 0.6 is 0 Å². The zero-order chi connectivity index (χ0) is 19.1. The summed E-state index contributed by atoms with van der Waals surface area (Å²) in [5.74, 6) is 1.74. The average molecular weight is 382 g/mol. The van der Waals surface area contributed by atoms with E-state index in [1.54, 1.807) is 0 Å². The molecule has 0 bridgehead atoms. The van der Waals surface area contributed by atoms with Crippen LogP contribution in [0.25, 0.3) is 0 Å². The van der Waals surface area contributed by atoms with Crippen LogP contribution in [0.3, 0.4) is 0 Å². The Morgan fingerprint density at radius 3 is 2.64 bits per heavy atom. The summed E-state index contributed by atoms with van der Waals surface area (Å²) in [5.41, 5.74) is 0.463. The smallest absolute Gasteiger partial charge is 0.253 e. The number of carbonyl (C=O) groups is 1. The molecule has 5 rings (SSSR count). The van der Waals surface area contributed by atoms with Gasteiger partial charge in [0.2, 0.25) is 5.89 Å². The highest BCUT2D eigenvalue weighted by Crippen LogP contribution is 2.45. The summed E-state index contributed by atoms with van der Waals surface area (Å²) in [5, 5.41) is 4.05. The molecule has 3 aliphatic rings. The molecule has 28 heavy (non-hydrogen) atoms. The first kappa shape index (κ1) is 17.8. The molecule has 2 atom stereocenters. The van der Waals surface area contributed by atoms with Gasteiger partial charge < -0.3 is 14.2 Å². The molecule has 0 spiro atoms. The molecule has 3 fully saturated rings. The molecule has 7 nitrogen and oxygen atoms in total. The van der Waals surface area contributed by atoms with Crippen molar-refractivity contribution in [1.82, 2.24) is 19.9 Å². The predicted molar refractivity (Wildman–Crippen MR) is 102 cm³/mol. The maximum atomic E-state index is 13.1. The summed E-state index contributed by atoms with van der Waals surface area (Å²) >= 11 is 0. The molecule has 0 radical (unpaired) electrons. The summed E-state index contributed by atoms with van der Waals surface area (Å²) in [7, 11) is 0. The molecule has 1 aromatic heterocycles. The zero-order valence-corrected chi connectivity index (χ0v) is 16.2. The summed E-state index contributed by atoms with van der Waals surface area (Å²) < 4.78 is 11.2. The Balaban J connectivity index is 1.42. The van der Waals surface area contributed by atoms with Crippen LogP contribution in [0.1, 0.15) is 34.9 Å². The number of benzene rings is 1. The third-order valence-electron chi connectivity index (χ3n) is 6.60. The van der Waals surface area contributed by atoms with E-state index in [2.05, 4.69) is 15.0 Å². The molecule has 7 heteroatoms. The molecule has 0 N–H and O–H groups in total. The molecule has 4 heterocycles. The van der Waals surface area contributed by atoms with Crippen molar-refractivity contribution in [3.63, 3.8) is 0 Å². The Morgan fingerprint density at radius 1 is 1.14 bits per heavy atom. The molecule has 148 valence electrons. The second-order valence-electron chi connectivity index (χ2n) is 8.32. The van der Waals surface area contributed by atoms with Crippen LogP contribution in [0.4, 0.5) is 0 Å². The number of hydrogen-bond donors (Lipinski definition) is 0. The largest absolute Gasteiger partial charge is 0.381 e. The molecular formula is C21H26N4O3. The van der Waals surface area contributed by atoms with E-state index >= 15 is 0 Å². The molecule has 3 aliphatic heterocycles. The number of carbonyl (C=O) groups excluding carboxylic acids is 1. The summed E-state index contributed by atoms with van der Waals surface area (Å²) in [6.45, 7) is 6.70. The van der Waals surface area contributed by atoms with Gasteiger partial charge in [-0.25, -0.2) is 0 Å². The lowest BCUT2D eigenvalue weighted by Gasteiger charge is -2.33. The van der Waals surface area contributed by atoms with E-state index in [1.807, 2.05) is 42.2 Å². The molecule has 0 saturated carbocycles. The number of aromatic nitrogens is 2. The highest BCUT2D eigenvalue weighted by Gasteiger charge is 2.58. The fraction of sp³-hybridized carbons (Fsp3) is 0.571. The SMILES string of the molecule is Cc1noc([C@]23CN(C(=O)c4ccccc4)C[C@H]2CN(C2CCOCC2)C3)n1. The molecule has 2 aromatic rings. The van der Waals surface area contributed by atoms with E-state index < -0.39 is 0 Å². The topological polar surface area (TPSA) is 71.7 Å². The van der Waals surface area contributed by atoms with Gasteiger partial charge in [0.25, 0.3) is 5.91 Å². The summed E-state index contributed by atoms with van der Waals surface area (Å²) in [4.78, 5) is 22.2. The van der Waals surface area contributed by atoms with Crippen molar-refractivity contribution in [2.45, 2.75) is 31.2 Å². The average Bonchev–Trinajstić information content (AvgIpc) is 3.41. The van der Waals surface area contributed by atoms with Crippen LogP contribution in [-0.4, -0.2) is 71.3 Å². The van der Waals surface area contributed by atoms with Crippen molar-refractivity contribution in [3.05, 3.63) is 47.6 Å². The standard InChI is InChI=1S/C21H26N4O3/c1-15-22-20(28-23-15)21-13-24(18-7-9-27-10-8-18)11-17(21)12-25(14-21)19(26)16-5-3-2-4-6-16/h2-6,17-18H,7-14H2,1H3/t17-,21-/m1/s1. The van der Waals surface area contributed by atoms with E-state index in [1.165, 1.54) is 0 Å². The van der Waals surface area contributed by atoms with Crippen LogP contribution in [0.2, 0.25) is 0 Å². The number of fused-ring (bicyclic) bond motifs is 1. The first-order valence-electron chi connectivity index (χ1n) is 10.1. The Labute approximate surface area is 164 Å². The highest BCUT2D eigenvalue weighted by molar-refractivity contribution is 5.94. The molecule has 0 aliphatic carbocycles. The minimum atomic E-state index is -0.274. The molecule has 0 unspecified atom stereocenters. The van der Waals surface area contributed by atoms with Gasteiger partial charge >= 0.3 is 0 Å². The number of amides is 1. The van der Waals surface area contributed by atoms with Crippen molar-refractivity contribution in [2.75, 3.05) is 39.4 Å². The summed E-state index contributed by atoms with van der Waals surface area (Å²) in [6, 6.07) is 10.1. The first-order chi connectivity index (χ1) is 13.7. The van der Waals surface area contributed by atoms with E-state index in [-0.39, 0.29) is 11.3 Å². The fourth-order valence-electron chi connectivity index (χ4n) is 5.15. The van der Waals surface area contributed by atoms with Gasteiger partial charge in [-0.05, 0) is 31.9 Å². The van der Waals surface area contributed by atoms with Crippen molar-refractivity contribution < 1.29 is 14.1 Å². The van der Waals surface area contributed by atoms with Crippen LogP contribution in [-0.2, 0) is 10.2 Å². The van der Waals surface area contributed by atoms with E-state index in [4.69, 9.17) is 9.26 Å². The lowest BCUT2D eigenvalue weighted by Crippen LogP contribution is -2.44. The summed E-state index contributed by atoms with van der Waals surface area (Å²) in [6.07, 6.45) is 2.14. The molecule has 1 aromatic carbocycles. The normalized spacial score (nSPS) is 28.6. The second kappa shape index (κ2) is 6.97. The van der Waals surface area contributed by atoms with Gasteiger partial charge in [-0.3, -0.25) is 9.69 Å². The predicted octanol–water partition coefficient (Wildman–Crippen LogP) is 1.88. The zero-order valence-electron chi connectivity index (χ0n) is 16.2. The van der Waals surface area contributed by atoms with Gasteiger partial charge in [-0.15, -0.1) is 0 Å². The Kier molecular flexibility index (Phi) is 4.44. The van der Waals surface area contributed by atoms with Crippen molar-refractivity contribution in [1.29, 1.82) is 0 Å². The third-order valence-corrected chi connectivity index (χ3v) is 6.60. The van der Waals surface area contributed by atoms with Gasteiger partial charge in [-0.2, -0.15) is 4.98 Å². The van der Waals surface area contributed by atoms with E-state index in [0.717, 1.165) is 51.3 Å². The van der Waals surface area contributed by atoms with Crippen LogP contribution in [0.5, 0.6) is 0 Å². The second-order valence-corrected chi connectivity index (χ2v) is 8.32. The third kappa shape index (κ3) is 2.93.